The summed E-state index contributed by atoms with van der Waals surface area (Å²) in [4.78, 5) is 25.4. The van der Waals surface area contributed by atoms with Crippen LogP contribution in [0.5, 0.6) is 0 Å². The molecule has 1 aromatic rings. The van der Waals surface area contributed by atoms with E-state index in [4.69, 9.17) is 10.5 Å². The van der Waals surface area contributed by atoms with Crippen molar-refractivity contribution in [1.82, 2.24) is 4.90 Å². The first-order valence-electron chi connectivity index (χ1n) is 8.05. The summed E-state index contributed by atoms with van der Waals surface area (Å²) in [5, 5.41) is 0. The van der Waals surface area contributed by atoms with Crippen molar-refractivity contribution in [2.75, 3.05) is 19.7 Å². The second-order valence-electron chi connectivity index (χ2n) is 7.13. The Morgan fingerprint density at radius 1 is 1.26 bits per heavy atom. The molecular weight excluding hydrogens is 292 g/mol. The number of nitrogens with two attached hydrogens (primary N) is 1. The molecule has 2 amide bonds. The number of ether oxygens (including phenoxy) is 1. The van der Waals surface area contributed by atoms with Crippen LogP contribution in [0.25, 0.3) is 0 Å². The maximum atomic E-state index is 12.4. The molecule has 0 aromatic heterocycles. The summed E-state index contributed by atoms with van der Waals surface area (Å²) in [6.45, 7) is 8.31. The normalized spacial score (nSPS) is 18.7. The van der Waals surface area contributed by atoms with Gasteiger partial charge in [-0.25, -0.2) is 0 Å². The summed E-state index contributed by atoms with van der Waals surface area (Å²) in [6, 6.07) is 7.11. The van der Waals surface area contributed by atoms with Crippen molar-refractivity contribution in [3.63, 3.8) is 0 Å². The molecule has 1 unspecified atom stereocenters. The summed E-state index contributed by atoms with van der Waals surface area (Å²) in [5.74, 6) is -0.282. The number of hydrogen-bond donors (Lipinski definition) is 1. The van der Waals surface area contributed by atoms with Gasteiger partial charge in [-0.3, -0.25) is 9.59 Å². The maximum Gasteiger partial charge on any atom is 0.248 e. The third-order valence-electron chi connectivity index (χ3n) is 4.25. The van der Waals surface area contributed by atoms with Crippen molar-refractivity contribution >= 4 is 11.8 Å². The van der Waals surface area contributed by atoms with E-state index in [1.54, 1.807) is 12.1 Å². The molecule has 0 bridgehead atoms. The van der Waals surface area contributed by atoms with Crippen LogP contribution >= 0.6 is 0 Å². The number of carbonyl (C=O) groups excluding carboxylic acids is 2. The minimum Gasteiger partial charge on any atom is -0.374 e. The van der Waals surface area contributed by atoms with Crippen LogP contribution in [-0.4, -0.2) is 42.5 Å². The zero-order chi connectivity index (χ0) is 17.0. The molecule has 1 atom stereocenters. The zero-order valence-corrected chi connectivity index (χ0v) is 14.2. The van der Waals surface area contributed by atoms with Gasteiger partial charge < -0.3 is 15.4 Å². The highest BCUT2D eigenvalue weighted by atomic mass is 16.5. The summed E-state index contributed by atoms with van der Waals surface area (Å²) in [7, 11) is 0. The highest BCUT2D eigenvalue weighted by Gasteiger charge is 2.32. The topological polar surface area (TPSA) is 72.6 Å². The lowest BCUT2D eigenvalue weighted by Gasteiger charge is -2.39. The number of carbonyl (C=O) groups is 2. The van der Waals surface area contributed by atoms with Crippen LogP contribution in [-0.2, 0) is 16.0 Å². The number of benzene rings is 1. The third kappa shape index (κ3) is 4.79. The highest BCUT2D eigenvalue weighted by Crippen LogP contribution is 2.25. The van der Waals surface area contributed by atoms with Crippen molar-refractivity contribution in [3.8, 4) is 0 Å². The SMILES string of the molecule is CC(C)(C)C1CN(C(=O)CCc2ccc(C(N)=O)cc2)CCO1. The van der Waals surface area contributed by atoms with Crippen molar-refractivity contribution in [2.24, 2.45) is 11.1 Å². The number of primary amides is 1. The van der Waals surface area contributed by atoms with Crippen molar-refractivity contribution in [1.29, 1.82) is 0 Å². The predicted molar refractivity (Wildman–Crippen MR) is 89.1 cm³/mol. The Bertz CT molecular complexity index is 561. The molecule has 2 rings (SSSR count). The molecule has 1 aliphatic rings. The van der Waals surface area contributed by atoms with Crippen molar-refractivity contribution in [3.05, 3.63) is 35.4 Å². The van der Waals surface area contributed by atoms with E-state index < -0.39 is 5.91 Å². The highest BCUT2D eigenvalue weighted by molar-refractivity contribution is 5.92. The predicted octanol–water partition coefficient (Wildman–Crippen LogP) is 1.99. The van der Waals surface area contributed by atoms with Crippen molar-refractivity contribution < 1.29 is 14.3 Å². The standard InChI is InChI=1S/C18H26N2O3/c1-18(2,3)15-12-20(10-11-23-15)16(21)9-6-13-4-7-14(8-5-13)17(19)22/h4-5,7-8,15H,6,9-12H2,1-3H3,(H2,19,22). The second-order valence-corrected chi connectivity index (χ2v) is 7.13. The quantitative estimate of drug-likeness (QED) is 0.923. The largest absolute Gasteiger partial charge is 0.374 e. The van der Waals surface area contributed by atoms with Gasteiger partial charge >= 0.3 is 0 Å². The lowest BCUT2D eigenvalue weighted by Crippen LogP contribution is -2.50. The van der Waals surface area contributed by atoms with Crippen LogP contribution in [0.2, 0.25) is 0 Å². The molecule has 0 saturated carbocycles. The number of hydrogen-bond acceptors (Lipinski definition) is 3. The van der Waals surface area contributed by atoms with E-state index in [0.29, 0.717) is 38.1 Å². The van der Waals surface area contributed by atoms with Gasteiger partial charge in [0.15, 0.2) is 0 Å². The Hall–Kier alpha value is -1.88. The van der Waals surface area contributed by atoms with E-state index in [-0.39, 0.29) is 17.4 Å². The van der Waals surface area contributed by atoms with Gasteiger partial charge in [0.25, 0.3) is 0 Å². The number of morpholine rings is 1. The Morgan fingerprint density at radius 3 is 2.48 bits per heavy atom. The van der Waals surface area contributed by atoms with Gasteiger partial charge in [0.1, 0.15) is 0 Å². The Kier molecular flexibility index (Phi) is 5.42. The maximum absolute atomic E-state index is 12.4. The Balaban J connectivity index is 1.88. The molecule has 1 heterocycles. The molecule has 2 N–H and O–H groups in total. The zero-order valence-electron chi connectivity index (χ0n) is 14.2. The van der Waals surface area contributed by atoms with E-state index in [2.05, 4.69) is 20.8 Å². The molecule has 126 valence electrons. The van der Waals surface area contributed by atoms with E-state index >= 15 is 0 Å². The van der Waals surface area contributed by atoms with Crippen molar-refractivity contribution in [2.45, 2.75) is 39.7 Å². The van der Waals surface area contributed by atoms with Crippen LogP contribution in [0.1, 0.15) is 43.1 Å². The molecule has 1 aliphatic heterocycles. The molecule has 0 radical (unpaired) electrons. The fourth-order valence-corrected chi connectivity index (χ4v) is 2.64. The van der Waals surface area contributed by atoms with Gasteiger partial charge in [0.2, 0.25) is 11.8 Å². The van der Waals surface area contributed by atoms with Gasteiger partial charge in [-0.2, -0.15) is 0 Å². The van der Waals surface area contributed by atoms with Crippen LogP contribution in [0.4, 0.5) is 0 Å². The van der Waals surface area contributed by atoms with Gasteiger partial charge in [-0.1, -0.05) is 32.9 Å². The lowest BCUT2D eigenvalue weighted by molar-refractivity contribution is -0.143. The lowest BCUT2D eigenvalue weighted by atomic mass is 9.88. The first-order valence-corrected chi connectivity index (χ1v) is 8.05. The molecule has 1 aromatic carbocycles. The molecule has 1 saturated heterocycles. The minimum atomic E-state index is -0.436. The average Bonchev–Trinajstić information content (AvgIpc) is 2.52. The smallest absolute Gasteiger partial charge is 0.248 e. The molecule has 0 spiro atoms. The van der Waals surface area contributed by atoms with Crippen LogP contribution < -0.4 is 5.73 Å². The summed E-state index contributed by atoms with van der Waals surface area (Å²) in [6.07, 6.45) is 1.21. The fraction of sp³-hybridized carbons (Fsp3) is 0.556. The van der Waals surface area contributed by atoms with E-state index in [0.717, 1.165) is 5.56 Å². The van der Waals surface area contributed by atoms with Gasteiger partial charge in [-0.05, 0) is 29.5 Å². The van der Waals surface area contributed by atoms with Crippen LogP contribution in [0.3, 0.4) is 0 Å². The summed E-state index contributed by atoms with van der Waals surface area (Å²) >= 11 is 0. The fourth-order valence-electron chi connectivity index (χ4n) is 2.64. The van der Waals surface area contributed by atoms with Gasteiger partial charge in [0, 0.05) is 25.1 Å². The summed E-state index contributed by atoms with van der Waals surface area (Å²) < 4.78 is 5.78. The first kappa shape index (κ1) is 17.5. The Morgan fingerprint density at radius 2 is 1.91 bits per heavy atom. The molecule has 1 fully saturated rings. The van der Waals surface area contributed by atoms with Crippen LogP contribution in [0, 0.1) is 5.41 Å². The second kappa shape index (κ2) is 7.13. The number of amides is 2. The van der Waals surface area contributed by atoms with Crippen LogP contribution in [0.15, 0.2) is 24.3 Å². The van der Waals surface area contributed by atoms with E-state index in [9.17, 15) is 9.59 Å². The molecule has 0 aliphatic carbocycles. The van der Waals surface area contributed by atoms with E-state index in [1.165, 1.54) is 0 Å². The monoisotopic (exact) mass is 318 g/mol. The average molecular weight is 318 g/mol. The number of rotatable bonds is 4. The Labute approximate surface area is 137 Å². The summed E-state index contributed by atoms with van der Waals surface area (Å²) in [5.41, 5.74) is 6.77. The van der Waals surface area contributed by atoms with Gasteiger partial charge in [0.05, 0.1) is 12.7 Å². The van der Waals surface area contributed by atoms with E-state index in [1.807, 2.05) is 17.0 Å². The first-order chi connectivity index (χ1) is 10.8. The molecule has 23 heavy (non-hydrogen) atoms. The molecule has 5 heteroatoms. The third-order valence-corrected chi connectivity index (χ3v) is 4.25. The molecule has 5 nitrogen and oxygen atoms in total. The number of aryl methyl sites for hydroxylation is 1. The van der Waals surface area contributed by atoms with Gasteiger partial charge in [-0.15, -0.1) is 0 Å². The molecular formula is C18H26N2O3. The minimum absolute atomic E-state index is 0.0313. The number of nitrogens with zero attached hydrogens (tertiary/aromatic N) is 1.